The first kappa shape index (κ1) is 33.9. The minimum atomic E-state index is -4.09. The molecular formula is C34H55F3O5. The molecule has 4 aliphatic rings. The van der Waals surface area contributed by atoms with Gasteiger partial charge in [-0.05, 0) is 126 Å². The van der Waals surface area contributed by atoms with Gasteiger partial charge < -0.3 is 20.1 Å². The number of rotatable bonds is 13. The Hall–Kier alpha value is -0.960. The van der Waals surface area contributed by atoms with Gasteiger partial charge >= 0.3 is 6.18 Å². The molecule has 4 aliphatic carbocycles. The van der Waals surface area contributed by atoms with Crippen molar-refractivity contribution in [3.8, 4) is 0 Å². The van der Waals surface area contributed by atoms with Gasteiger partial charge in [0.25, 0.3) is 0 Å². The molecule has 6 unspecified atom stereocenters. The van der Waals surface area contributed by atoms with Crippen molar-refractivity contribution in [2.24, 2.45) is 35.5 Å². The highest BCUT2D eigenvalue weighted by Crippen LogP contribution is 2.41. The van der Waals surface area contributed by atoms with Crippen LogP contribution in [-0.4, -0.2) is 58.3 Å². The highest BCUT2D eigenvalue weighted by molar-refractivity contribution is 5.87. The van der Waals surface area contributed by atoms with Gasteiger partial charge in [0.1, 0.15) is 12.2 Å². The van der Waals surface area contributed by atoms with Gasteiger partial charge in [0, 0.05) is 6.61 Å². The van der Waals surface area contributed by atoms with E-state index in [1.54, 1.807) is 0 Å². The highest BCUT2D eigenvalue weighted by atomic mass is 19.4. The molecule has 0 amide bonds. The summed E-state index contributed by atoms with van der Waals surface area (Å²) in [6.45, 7) is 0.438. The van der Waals surface area contributed by atoms with Crippen LogP contribution in [0.5, 0.6) is 0 Å². The smallest absolute Gasteiger partial charge is 0.390 e. The van der Waals surface area contributed by atoms with Crippen molar-refractivity contribution in [2.75, 3.05) is 6.61 Å². The number of carbonyl (C=O) groups is 1. The van der Waals surface area contributed by atoms with E-state index in [-0.39, 0.29) is 30.8 Å². The van der Waals surface area contributed by atoms with E-state index >= 15 is 0 Å². The lowest BCUT2D eigenvalue weighted by atomic mass is 9.70. The minimum Gasteiger partial charge on any atom is -0.390 e. The second-order valence-electron chi connectivity index (χ2n) is 14.1. The summed E-state index contributed by atoms with van der Waals surface area (Å²) in [7, 11) is 0. The second-order valence-corrected chi connectivity index (χ2v) is 14.1. The Morgan fingerprint density at radius 3 is 2.24 bits per heavy atom. The molecule has 5 nitrogen and oxygen atoms in total. The van der Waals surface area contributed by atoms with Crippen molar-refractivity contribution in [3.05, 3.63) is 12.2 Å². The van der Waals surface area contributed by atoms with E-state index in [4.69, 9.17) is 4.74 Å². The molecule has 0 bridgehead atoms. The molecule has 42 heavy (non-hydrogen) atoms. The van der Waals surface area contributed by atoms with Crippen LogP contribution >= 0.6 is 0 Å². The molecule has 4 rings (SSSR count). The van der Waals surface area contributed by atoms with Crippen LogP contribution < -0.4 is 0 Å². The summed E-state index contributed by atoms with van der Waals surface area (Å²) in [5.74, 6) is 0.0333. The molecule has 0 heterocycles. The van der Waals surface area contributed by atoms with Crippen LogP contribution in [0, 0.1) is 35.5 Å². The predicted molar refractivity (Wildman–Crippen MR) is 157 cm³/mol. The molecule has 3 N–H and O–H groups in total. The quantitative estimate of drug-likeness (QED) is 0.153. The normalized spacial score (nSPS) is 35.0. The largest absolute Gasteiger partial charge is 0.391 e. The number of ketones is 1. The topological polar surface area (TPSA) is 87.0 Å². The third-order valence-corrected chi connectivity index (χ3v) is 11.2. The van der Waals surface area contributed by atoms with E-state index in [9.17, 15) is 33.3 Å². The van der Waals surface area contributed by atoms with Crippen LogP contribution in [-0.2, 0) is 9.53 Å². The number of hydrogen-bond acceptors (Lipinski definition) is 5. The average molecular weight is 601 g/mol. The van der Waals surface area contributed by atoms with Gasteiger partial charge in [-0.1, -0.05) is 37.8 Å². The fraction of sp³-hybridized carbons (Fsp3) is 0.912. The summed E-state index contributed by atoms with van der Waals surface area (Å²) in [5.41, 5.74) is 0. The van der Waals surface area contributed by atoms with Crippen molar-refractivity contribution >= 4 is 5.78 Å². The molecule has 0 spiro atoms. The Bertz CT molecular complexity index is 832. The number of unbranched alkanes of at least 4 members (excludes halogenated alkanes) is 1. The lowest BCUT2D eigenvalue weighted by Gasteiger charge is -2.37. The number of alkyl halides is 3. The average Bonchev–Trinajstić information content (AvgIpc) is 3.01. The van der Waals surface area contributed by atoms with Crippen molar-refractivity contribution < 1.29 is 38.0 Å². The Morgan fingerprint density at radius 2 is 1.57 bits per heavy atom. The van der Waals surface area contributed by atoms with E-state index in [0.717, 1.165) is 83.5 Å². The molecule has 8 heteroatoms. The number of Topliss-reactive ketones (excluding diaryl/α,β-unsaturated/α-hetero) is 1. The number of carbonyl (C=O) groups excluding carboxylic acids is 1. The zero-order chi connectivity index (χ0) is 30.1. The summed E-state index contributed by atoms with van der Waals surface area (Å²) in [4.78, 5) is 12.7. The molecule has 3 saturated carbocycles. The summed E-state index contributed by atoms with van der Waals surface area (Å²) in [6.07, 6.45) is 12.6. The van der Waals surface area contributed by atoms with Crippen LogP contribution in [0.3, 0.4) is 0 Å². The van der Waals surface area contributed by atoms with Crippen molar-refractivity contribution in [1.29, 1.82) is 0 Å². The first-order chi connectivity index (χ1) is 20.1. The molecule has 0 aliphatic heterocycles. The number of halogens is 3. The van der Waals surface area contributed by atoms with Gasteiger partial charge in [0.2, 0.25) is 0 Å². The van der Waals surface area contributed by atoms with Crippen molar-refractivity contribution in [3.63, 3.8) is 0 Å². The second kappa shape index (κ2) is 16.4. The molecule has 0 saturated heterocycles. The van der Waals surface area contributed by atoms with Crippen LogP contribution in [0.25, 0.3) is 0 Å². The van der Waals surface area contributed by atoms with Gasteiger partial charge in [-0.3, -0.25) is 4.79 Å². The first-order valence-electron chi connectivity index (χ1n) is 17.0. The zero-order valence-electron chi connectivity index (χ0n) is 25.4. The number of allylic oxidation sites excluding steroid dienone is 2. The minimum absolute atomic E-state index is 0.0102. The molecule has 3 fully saturated rings. The Kier molecular flexibility index (Phi) is 13.2. The summed E-state index contributed by atoms with van der Waals surface area (Å²) < 4.78 is 45.3. The number of aliphatic hydroxyl groups excluding tert-OH is 3. The number of ether oxygens (including phenoxy) is 1. The maximum Gasteiger partial charge on any atom is 0.391 e. The maximum absolute atomic E-state index is 13.1. The Morgan fingerprint density at radius 1 is 0.833 bits per heavy atom. The standard InChI is InChI=1S/C34H55F3O5/c35-34(36,37)28-11-6-8-24(21-28)22-42-29-19-13-23(14-20-29)7-4-5-12-30(38)32(40)33(41)31(39)27-17-15-26(16-18-27)25-9-2-1-3-10-25/h1-2,23-31,33,38-39,41H,3-22H2. The van der Waals surface area contributed by atoms with Gasteiger partial charge in [0.15, 0.2) is 5.78 Å². The van der Waals surface area contributed by atoms with Gasteiger partial charge in [0.05, 0.1) is 18.1 Å². The molecule has 242 valence electrons. The molecule has 0 aromatic heterocycles. The maximum atomic E-state index is 13.1. The van der Waals surface area contributed by atoms with Crippen LogP contribution in [0.1, 0.15) is 122 Å². The molecule has 0 radical (unpaired) electrons. The van der Waals surface area contributed by atoms with E-state index in [1.807, 2.05) is 0 Å². The van der Waals surface area contributed by atoms with Gasteiger partial charge in [-0.2, -0.15) is 13.2 Å². The molecule has 6 atom stereocenters. The first-order valence-corrected chi connectivity index (χ1v) is 17.0. The zero-order valence-corrected chi connectivity index (χ0v) is 25.4. The lowest BCUT2D eigenvalue weighted by molar-refractivity contribution is -0.188. The van der Waals surface area contributed by atoms with Crippen LogP contribution in [0.15, 0.2) is 12.2 Å². The van der Waals surface area contributed by atoms with Gasteiger partial charge in [-0.15, -0.1) is 0 Å². The number of aliphatic hydroxyl groups is 3. The highest BCUT2D eigenvalue weighted by Gasteiger charge is 2.42. The van der Waals surface area contributed by atoms with Crippen LogP contribution in [0.2, 0.25) is 0 Å². The molecule has 0 aromatic carbocycles. The third kappa shape index (κ3) is 10.0. The molecule has 0 aromatic rings. The third-order valence-electron chi connectivity index (χ3n) is 11.2. The van der Waals surface area contributed by atoms with E-state index in [0.29, 0.717) is 43.6 Å². The van der Waals surface area contributed by atoms with E-state index in [2.05, 4.69) is 12.2 Å². The summed E-state index contributed by atoms with van der Waals surface area (Å²) >= 11 is 0. The molecular weight excluding hydrogens is 545 g/mol. The fourth-order valence-corrected chi connectivity index (χ4v) is 8.34. The summed E-state index contributed by atoms with van der Waals surface area (Å²) in [5, 5.41) is 31.7. The van der Waals surface area contributed by atoms with E-state index in [1.165, 1.54) is 6.42 Å². The fourth-order valence-electron chi connectivity index (χ4n) is 8.34. The summed E-state index contributed by atoms with van der Waals surface area (Å²) in [6, 6.07) is 0. The van der Waals surface area contributed by atoms with Crippen LogP contribution in [0.4, 0.5) is 13.2 Å². The lowest BCUT2D eigenvalue weighted by Crippen LogP contribution is -2.45. The predicted octanol–water partition coefficient (Wildman–Crippen LogP) is 7.31. The van der Waals surface area contributed by atoms with Crippen molar-refractivity contribution in [1.82, 2.24) is 0 Å². The van der Waals surface area contributed by atoms with E-state index < -0.39 is 36.2 Å². The number of hydrogen-bond donors (Lipinski definition) is 3. The Labute approximate surface area is 250 Å². The SMILES string of the molecule is O=C(C(O)CCCCC1CCC(OCC2CCCC(C(F)(F)F)C2)CC1)C(O)C(O)C1CCC(C2CC=CCC2)CC1. The Balaban J connectivity index is 1.05. The van der Waals surface area contributed by atoms with Gasteiger partial charge in [-0.25, -0.2) is 0 Å². The van der Waals surface area contributed by atoms with Crippen molar-refractivity contribution in [2.45, 2.75) is 153 Å². The monoisotopic (exact) mass is 600 g/mol.